The first-order valence-electron chi connectivity index (χ1n) is 9.67. The largest absolute Gasteiger partial charge is 0.394 e. The fourth-order valence-corrected chi connectivity index (χ4v) is 3.21. The summed E-state index contributed by atoms with van der Waals surface area (Å²) < 4.78 is 11.3. The van der Waals surface area contributed by atoms with Gasteiger partial charge in [0.2, 0.25) is 0 Å². The van der Waals surface area contributed by atoms with Crippen LogP contribution in [0.2, 0.25) is 0 Å². The Hall–Kier alpha value is -1.22. The lowest BCUT2D eigenvalue weighted by Gasteiger charge is -2.24. The average Bonchev–Trinajstić information content (AvgIpc) is 2.88. The molecule has 1 aliphatic heterocycles. The fraction of sp³-hybridized carbons (Fsp3) is 0.895. The third-order valence-corrected chi connectivity index (χ3v) is 4.26. The Labute approximate surface area is 162 Å². The van der Waals surface area contributed by atoms with Gasteiger partial charge in [-0.25, -0.2) is 0 Å². The second-order valence-corrected chi connectivity index (χ2v) is 8.51. The standard InChI is InChI=1S/C19H36N2O6/c1-11(2)7-13(9-22)20-17(24)15-16(27-19(5,6)26-15)18(25)21-14(10-23)8-12(3)4/h11-16,22-23H,7-10H2,1-6H3,(H,20,24)(H,21,25)/t13-,14-,15+,16+/m0/s1. The molecule has 158 valence electrons. The van der Waals surface area contributed by atoms with Crippen LogP contribution in [0.25, 0.3) is 0 Å². The molecule has 0 aromatic rings. The molecule has 0 bridgehead atoms. The third kappa shape index (κ3) is 7.73. The van der Waals surface area contributed by atoms with Crippen LogP contribution in [0.3, 0.4) is 0 Å². The SMILES string of the molecule is CC(C)C[C@@H](CO)NC(=O)[C@@H]1OC(C)(C)O[C@H]1C(=O)N[C@H](CO)CC(C)C. The number of carbonyl (C=O) groups is 2. The van der Waals surface area contributed by atoms with Crippen molar-refractivity contribution in [3.63, 3.8) is 0 Å². The second-order valence-electron chi connectivity index (χ2n) is 8.51. The van der Waals surface area contributed by atoms with Crippen molar-refractivity contribution >= 4 is 11.8 Å². The van der Waals surface area contributed by atoms with Gasteiger partial charge in [-0.3, -0.25) is 9.59 Å². The molecule has 0 radical (unpaired) electrons. The molecule has 1 saturated heterocycles. The summed E-state index contributed by atoms with van der Waals surface area (Å²) in [6.07, 6.45) is -1.03. The topological polar surface area (TPSA) is 117 Å². The van der Waals surface area contributed by atoms with Gasteiger partial charge in [0.05, 0.1) is 25.3 Å². The van der Waals surface area contributed by atoms with Gasteiger partial charge in [-0.15, -0.1) is 0 Å². The van der Waals surface area contributed by atoms with Gasteiger partial charge in [0.25, 0.3) is 11.8 Å². The van der Waals surface area contributed by atoms with Crippen LogP contribution in [-0.2, 0) is 19.1 Å². The number of aliphatic hydroxyl groups excluding tert-OH is 2. The Kier molecular flexibility index (Phi) is 9.14. The van der Waals surface area contributed by atoms with E-state index in [1.54, 1.807) is 13.8 Å². The number of hydrogen-bond donors (Lipinski definition) is 4. The van der Waals surface area contributed by atoms with Crippen LogP contribution in [-0.4, -0.2) is 65.3 Å². The van der Waals surface area contributed by atoms with Gasteiger partial charge in [-0.05, 0) is 38.5 Å². The molecule has 1 aliphatic rings. The van der Waals surface area contributed by atoms with Crippen LogP contribution in [0.1, 0.15) is 54.4 Å². The summed E-state index contributed by atoms with van der Waals surface area (Å²) in [6.45, 7) is 10.9. The zero-order valence-corrected chi connectivity index (χ0v) is 17.3. The summed E-state index contributed by atoms with van der Waals surface area (Å²) in [5.74, 6) is -1.50. The summed E-state index contributed by atoms with van der Waals surface area (Å²) in [4.78, 5) is 25.4. The van der Waals surface area contributed by atoms with Crippen LogP contribution >= 0.6 is 0 Å². The van der Waals surface area contributed by atoms with Crippen LogP contribution in [0, 0.1) is 11.8 Å². The maximum atomic E-state index is 12.7. The minimum absolute atomic E-state index is 0.196. The van der Waals surface area contributed by atoms with Crippen molar-refractivity contribution in [2.45, 2.75) is 84.5 Å². The van der Waals surface area contributed by atoms with Crippen molar-refractivity contribution < 1.29 is 29.3 Å². The smallest absolute Gasteiger partial charge is 0.252 e. The predicted molar refractivity (Wildman–Crippen MR) is 101 cm³/mol. The van der Waals surface area contributed by atoms with E-state index in [2.05, 4.69) is 10.6 Å². The monoisotopic (exact) mass is 388 g/mol. The van der Waals surface area contributed by atoms with Gasteiger partial charge in [0.15, 0.2) is 18.0 Å². The van der Waals surface area contributed by atoms with E-state index in [0.29, 0.717) is 24.7 Å². The molecule has 2 amide bonds. The molecule has 1 heterocycles. The number of ether oxygens (including phenoxy) is 2. The highest BCUT2D eigenvalue weighted by Gasteiger charge is 2.49. The Balaban J connectivity index is 2.83. The van der Waals surface area contributed by atoms with Crippen molar-refractivity contribution in [1.29, 1.82) is 0 Å². The van der Waals surface area contributed by atoms with E-state index in [9.17, 15) is 19.8 Å². The molecule has 0 unspecified atom stereocenters. The predicted octanol–water partition coefficient (Wildman–Crippen LogP) is 0.553. The van der Waals surface area contributed by atoms with Crippen LogP contribution in [0.15, 0.2) is 0 Å². The Bertz CT molecular complexity index is 453. The molecule has 0 aromatic heterocycles. The number of rotatable bonds is 10. The van der Waals surface area contributed by atoms with E-state index < -0.39 is 41.9 Å². The van der Waals surface area contributed by atoms with Crippen molar-refractivity contribution in [3.05, 3.63) is 0 Å². The molecule has 0 saturated carbocycles. The van der Waals surface area contributed by atoms with Crippen LogP contribution in [0.4, 0.5) is 0 Å². The van der Waals surface area contributed by atoms with Crippen molar-refractivity contribution in [2.24, 2.45) is 11.8 Å². The molecule has 27 heavy (non-hydrogen) atoms. The van der Waals surface area contributed by atoms with E-state index >= 15 is 0 Å². The highest BCUT2D eigenvalue weighted by atomic mass is 16.8. The second kappa shape index (κ2) is 10.4. The van der Waals surface area contributed by atoms with Crippen LogP contribution < -0.4 is 10.6 Å². The molecule has 4 atom stereocenters. The Morgan fingerprint density at radius 3 is 1.44 bits per heavy atom. The van der Waals surface area contributed by atoms with Gasteiger partial charge >= 0.3 is 0 Å². The number of aliphatic hydroxyl groups is 2. The first kappa shape index (κ1) is 23.8. The number of nitrogens with one attached hydrogen (secondary N) is 2. The molecular formula is C19H36N2O6. The minimum Gasteiger partial charge on any atom is -0.394 e. The minimum atomic E-state index is -1.13. The van der Waals surface area contributed by atoms with E-state index in [1.165, 1.54) is 0 Å². The molecular weight excluding hydrogens is 352 g/mol. The molecule has 4 N–H and O–H groups in total. The lowest BCUT2D eigenvalue weighted by Crippen LogP contribution is -2.53. The van der Waals surface area contributed by atoms with Crippen molar-refractivity contribution in [2.75, 3.05) is 13.2 Å². The van der Waals surface area contributed by atoms with Gasteiger partial charge in [0, 0.05) is 0 Å². The maximum absolute atomic E-state index is 12.7. The van der Waals surface area contributed by atoms with Crippen molar-refractivity contribution in [1.82, 2.24) is 10.6 Å². The van der Waals surface area contributed by atoms with E-state index in [0.717, 1.165) is 0 Å². The highest BCUT2D eigenvalue weighted by molar-refractivity contribution is 5.91. The normalized spacial score (nSPS) is 24.1. The van der Waals surface area contributed by atoms with E-state index in [-0.39, 0.29) is 13.2 Å². The molecule has 1 fully saturated rings. The maximum Gasteiger partial charge on any atom is 0.252 e. The lowest BCUT2D eigenvalue weighted by atomic mass is 10.0. The van der Waals surface area contributed by atoms with Gasteiger partial charge in [-0.1, -0.05) is 27.7 Å². The zero-order valence-electron chi connectivity index (χ0n) is 17.3. The first-order valence-corrected chi connectivity index (χ1v) is 9.67. The Morgan fingerprint density at radius 1 is 0.852 bits per heavy atom. The lowest BCUT2D eigenvalue weighted by molar-refractivity contribution is -0.160. The van der Waals surface area contributed by atoms with Gasteiger partial charge < -0.3 is 30.3 Å². The molecule has 8 heteroatoms. The molecule has 8 nitrogen and oxygen atoms in total. The van der Waals surface area contributed by atoms with Gasteiger partial charge in [-0.2, -0.15) is 0 Å². The summed E-state index contributed by atoms with van der Waals surface area (Å²) in [6, 6.07) is -0.834. The number of hydrogen-bond acceptors (Lipinski definition) is 6. The zero-order chi connectivity index (χ0) is 20.8. The van der Waals surface area contributed by atoms with Gasteiger partial charge in [0.1, 0.15) is 0 Å². The van der Waals surface area contributed by atoms with E-state index in [4.69, 9.17) is 9.47 Å². The number of carbonyl (C=O) groups excluding carboxylic acids is 2. The molecule has 0 spiro atoms. The summed E-state index contributed by atoms with van der Waals surface area (Å²) >= 11 is 0. The Morgan fingerprint density at radius 2 is 1.19 bits per heavy atom. The first-order chi connectivity index (χ1) is 12.5. The summed E-state index contributed by atoms with van der Waals surface area (Å²) in [5.41, 5.74) is 0. The average molecular weight is 389 g/mol. The van der Waals surface area contributed by atoms with Crippen molar-refractivity contribution in [3.8, 4) is 0 Å². The van der Waals surface area contributed by atoms with Crippen LogP contribution in [0.5, 0.6) is 0 Å². The summed E-state index contributed by atoms with van der Waals surface area (Å²) in [7, 11) is 0. The van der Waals surface area contributed by atoms with E-state index in [1.807, 2.05) is 27.7 Å². The number of amides is 2. The highest BCUT2D eigenvalue weighted by Crippen LogP contribution is 2.29. The third-order valence-electron chi connectivity index (χ3n) is 4.26. The molecule has 0 aromatic carbocycles. The molecule has 0 aliphatic carbocycles. The fourth-order valence-electron chi connectivity index (χ4n) is 3.21. The quantitative estimate of drug-likeness (QED) is 0.434. The summed E-state index contributed by atoms with van der Waals surface area (Å²) in [5, 5.41) is 24.4. The molecule has 1 rings (SSSR count).